The van der Waals surface area contributed by atoms with Crippen molar-refractivity contribution in [3.63, 3.8) is 0 Å². The number of aryl methyl sites for hydroxylation is 2. The van der Waals surface area contributed by atoms with E-state index in [1.807, 2.05) is 19.9 Å². The Kier molecular flexibility index (Phi) is 2.00. The van der Waals surface area contributed by atoms with Gasteiger partial charge in [0.05, 0.1) is 4.88 Å². The molecule has 2 heterocycles. The zero-order valence-electron chi connectivity index (χ0n) is 8.00. The Hall–Kier alpha value is -1.42. The average Bonchev–Trinajstić information content (AvgIpc) is 2.45. The number of rotatable bonds is 1. The smallest absolute Gasteiger partial charge is 0.259 e. The van der Waals surface area contributed by atoms with Crippen LogP contribution in [0.4, 0.5) is 0 Å². The van der Waals surface area contributed by atoms with Crippen LogP contribution in [0.15, 0.2) is 12.3 Å². The van der Waals surface area contributed by atoms with E-state index in [1.54, 1.807) is 6.20 Å². The largest absolute Gasteiger partial charge is 0.365 e. The first-order valence-electron chi connectivity index (χ1n) is 4.25. The summed E-state index contributed by atoms with van der Waals surface area (Å²) in [6.07, 6.45) is 1.75. The predicted molar refractivity (Wildman–Crippen MR) is 57.6 cm³/mol. The predicted octanol–water partition coefficient (Wildman–Crippen LogP) is 2.01. The summed E-state index contributed by atoms with van der Waals surface area (Å²) >= 11 is 1.36. The van der Waals surface area contributed by atoms with E-state index in [0.29, 0.717) is 4.88 Å². The molecule has 0 fully saturated rings. The number of thiophene rings is 1. The van der Waals surface area contributed by atoms with Gasteiger partial charge in [-0.1, -0.05) is 0 Å². The molecular weight excluding hydrogens is 196 g/mol. The molecule has 0 bridgehead atoms. The number of pyridine rings is 1. The molecular formula is C10H10N2OS. The normalized spacial score (nSPS) is 10.7. The van der Waals surface area contributed by atoms with Crippen LogP contribution in [0.3, 0.4) is 0 Å². The molecule has 0 spiro atoms. The van der Waals surface area contributed by atoms with Gasteiger partial charge < -0.3 is 5.73 Å². The van der Waals surface area contributed by atoms with Crippen LogP contribution in [-0.2, 0) is 0 Å². The third-order valence-electron chi connectivity index (χ3n) is 2.26. The Morgan fingerprint density at radius 3 is 2.79 bits per heavy atom. The lowest BCUT2D eigenvalue weighted by Gasteiger charge is -1.96. The van der Waals surface area contributed by atoms with Gasteiger partial charge in [0.2, 0.25) is 0 Å². The number of hydrogen-bond acceptors (Lipinski definition) is 3. The zero-order valence-corrected chi connectivity index (χ0v) is 8.81. The minimum absolute atomic E-state index is 0.370. The molecule has 0 aliphatic rings. The van der Waals surface area contributed by atoms with Gasteiger partial charge in [-0.05, 0) is 31.0 Å². The van der Waals surface area contributed by atoms with E-state index in [1.165, 1.54) is 11.3 Å². The first-order chi connectivity index (χ1) is 6.61. The molecule has 0 atom stereocenters. The molecule has 14 heavy (non-hydrogen) atoms. The van der Waals surface area contributed by atoms with E-state index in [9.17, 15) is 4.79 Å². The molecule has 0 unspecified atom stereocenters. The molecule has 0 saturated heterocycles. The fourth-order valence-corrected chi connectivity index (χ4v) is 2.67. The van der Waals surface area contributed by atoms with Gasteiger partial charge in [0.25, 0.3) is 5.91 Å². The zero-order chi connectivity index (χ0) is 10.3. The van der Waals surface area contributed by atoms with Gasteiger partial charge in [-0.3, -0.25) is 4.79 Å². The van der Waals surface area contributed by atoms with Crippen molar-refractivity contribution < 1.29 is 4.79 Å². The van der Waals surface area contributed by atoms with Crippen molar-refractivity contribution in [3.05, 3.63) is 28.3 Å². The second-order valence-corrected chi connectivity index (χ2v) is 4.23. The van der Waals surface area contributed by atoms with Crippen molar-refractivity contribution in [2.75, 3.05) is 0 Å². The monoisotopic (exact) mass is 206 g/mol. The first-order valence-corrected chi connectivity index (χ1v) is 5.07. The van der Waals surface area contributed by atoms with E-state index in [4.69, 9.17) is 5.73 Å². The number of fused-ring (bicyclic) bond motifs is 1. The van der Waals surface area contributed by atoms with Gasteiger partial charge in [0, 0.05) is 11.6 Å². The molecule has 0 radical (unpaired) electrons. The summed E-state index contributed by atoms with van der Waals surface area (Å²) in [5.41, 5.74) is 7.35. The topological polar surface area (TPSA) is 56.0 Å². The van der Waals surface area contributed by atoms with E-state index in [2.05, 4.69) is 4.98 Å². The Morgan fingerprint density at radius 1 is 1.50 bits per heavy atom. The molecule has 0 aromatic carbocycles. The molecule has 2 rings (SSSR count). The van der Waals surface area contributed by atoms with E-state index in [-0.39, 0.29) is 5.91 Å². The molecule has 2 N–H and O–H groups in total. The lowest BCUT2D eigenvalue weighted by molar-refractivity contribution is 0.100. The fraction of sp³-hybridized carbons (Fsp3) is 0.200. The highest BCUT2D eigenvalue weighted by atomic mass is 32.1. The van der Waals surface area contributed by atoms with Crippen LogP contribution in [0.5, 0.6) is 0 Å². The summed E-state index contributed by atoms with van der Waals surface area (Å²) < 4.78 is 0. The Bertz CT molecular complexity index is 516. The number of nitrogens with two attached hydrogens (primary N) is 1. The van der Waals surface area contributed by atoms with E-state index in [0.717, 1.165) is 21.3 Å². The van der Waals surface area contributed by atoms with Crippen molar-refractivity contribution in [1.29, 1.82) is 0 Å². The number of primary amides is 1. The van der Waals surface area contributed by atoms with Crippen molar-refractivity contribution >= 4 is 27.5 Å². The summed E-state index contributed by atoms with van der Waals surface area (Å²) in [4.78, 5) is 16.8. The minimum Gasteiger partial charge on any atom is -0.365 e. The molecule has 2 aromatic heterocycles. The molecule has 72 valence electrons. The number of carbonyl (C=O) groups is 1. The Balaban J connectivity index is 2.87. The summed E-state index contributed by atoms with van der Waals surface area (Å²) in [5.74, 6) is -0.370. The summed E-state index contributed by atoms with van der Waals surface area (Å²) in [6.45, 7) is 3.92. The van der Waals surface area contributed by atoms with Crippen molar-refractivity contribution in [2.45, 2.75) is 13.8 Å². The quantitative estimate of drug-likeness (QED) is 0.776. The number of hydrogen-bond donors (Lipinski definition) is 1. The average molecular weight is 206 g/mol. The maximum absolute atomic E-state index is 11.1. The fourth-order valence-electron chi connectivity index (χ4n) is 1.59. The highest BCUT2D eigenvalue weighted by Crippen LogP contribution is 2.30. The molecule has 3 nitrogen and oxygen atoms in total. The van der Waals surface area contributed by atoms with Crippen molar-refractivity contribution in [3.8, 4) is 0 Å². The van der Waals surface area contributed by atoms with Crippen LogP contribution in [-0.4, -0.2) is 10.9 Å². The maximum atomic E-state index is 11.1. The highest BCUT2D eigenvalue weighted by molar-refractivity contribution is 7.20. The molecule has 4 heteroatoms. The van der Waals surface area contributed by atoms with Crippen LogP contribution in [0.25, 0.3) is 10.2 Å². The number of aromatic nitrogens is 1. The standard InChI is InChI=1S/C10H10N2OS/c1-5-3-4-12-10-7(5)6(2)8(14-10)9(11)13/h3-4H,1-2H3,(H2,11,13). The summed E-state index contributed by atoms with van der Waals surface area (Å²) in [6, 6.07) is 1.94. The van der Waals surface area contributed by atoms with E-state index < -0.39 is 0 Å². The second kappa shape index (κ2) is 3.06. The number of amides is 1. The summed E-state index contributed by atoms with van der Waals surface area (Å²) in [7, 11) is 0. The van der Waals surface area contributed by atoms with Gasteiger partial charge in [-0.15, -0.1) is 11.3 Å². The van der Waals surface area contributed by atoms with Gasteiger partial charge in [-0.2, -0.15) is 0 Å². The van der Waals surface area contributed by atoms with Crippen LogP contribution in [0.2, 0.25) is 0 Å². The van der Waals surface area contributed by atoms with Gasteiger partial charge in [-0.25, -0.2) is 4.98 Å². The second-order valence-electron chi connectivity index (χ2n) is 3.23. The third-order valence-corrected chi connectivity index (χ3v) is 3.48. The maximum Gasteiger partial charge on any atom is 0.259 e. The van der Waals surface area contributed by atoms with Crippen molar-refractivity contribution in [1.82, 2.24) is 4.98 Å². The summed E-state index contributed by atoms with van der Waals surface area (Å²) in [5, 5.41) is 1.06. The highest BCUT2D eigenvalue weighted by Gasteiger charge is 2.14. The van der Waals surface area contributed by atoms with Gasteiger partial charge >= 0.3 is 0 Å². The van der Waals surface area contributed by atoms with Crippen LogP contribution < -0.4 is 5.73 Å². The molecule has 1 amide bonds. The van der Waals surface area contributed by atoms with E-state index >= 15 is 0 Å². The Morgan fingerprint density at radius 2 is 2.21 bits per heavy atom. The van der Waals surface area contributed by atoms with Crippen molar-refractivity contribution in [2.24, 2.45) is 5.73 Å². The Labute approximate surface area is 85.6 Å². The molecule has 2 aromatic rings. The minimum atomic E-state index is -0.370. The number of nitrogens with zero attached hydrogens (tertiary/aromatic N) is 1. The third kappa shape index (κ3) is 1.19. The van der Waals surface area contributed by atoms with Crippen LogP contribution >= 0.6 is 11.3 Å². The number of carbonyl (C=O) groups excluding carboxylic acids is 1. The van der Waals surface area contributed by atoms with Gasteiger partial charge in [0.1, 0.15) is 4.83 Å². The molecule has 0 aliphatic carbocycles. The van der Waals surface area contributed by atoms with Crippen LogP contribution in [0.1, 0.15) is 20.8 Å². The first kappa shape index (κ1) is 9.15. The SMILES string of the molecule is Cc1ccnc2sc(C(N)=O)c(C)c12. The molecule has 0 aliphatic heterocycles. The lowest BCUT2D eigenvalue weighted by atomic mass is 10.1. The van der Waals surface area contributed by atoms with Crippen LogP contribution in [0, 0.1) is 13.8 Å². The lowest BCUT2D eigenvalue weighted by Crippen LogP contribution is -2.09. The van der Waals surface area contributed by atoms with Gasteiger partial charge in [0.15, 0.2) is 0 Å². The molecule has 0 saturated carbocycles.